The standard InChI is InChI=1S/C17H17NO5S/c1-22-15-10-8-12(11-16(15)23-2)7-9-14(19)13-5-3-4-6-17(13)24(18,20)21/h3-11H,1-2H3,(H2,18,20,21)/b9-7+. The second kappa shape index (κ2) is 7.29. The lowest BCUT2D eigenvalue weighted by atomic mass is 10.1. The summed E-state index contributed by atoms with van der Waals surface area (Å²) in [6.45, 7) is 0. The number of hydrogen-bond donors (Lipinski definition) is 1. The topological polar surface area (TPSA) is 95.7 Å². The molecule has 2 N–H and O–H groups in total. The Morgan fingerprint density at radius 1 is 1.04 bits per heavy atom. The molecular weight excluding hydrogens is 330 g/mol. The minimum atomic E-state index is -3.97. The van der Waals surface area contributed by atoms with Gasteiger partial charge in [-0.15, -0.1) is 0 Å². The highest BCUT2D eigenvalue weighted by Gasteiger charge is 2.16. The quantitative estimate of drug-likeness (QED) is 0.639. The molecule has 0 saturated carbocycles. The lowest BCUT2D eigenvalue weighted by Crippen LogP contribution is -2.16. The normalized spacial score (nSPS) is 11.5. The molecule has 0 fully saturated rings. The van der Waals surface area contributed by atoms with E-state index >= 15 is 0 Å². The van der Waals surface area contributed by atoms with Gasteiger partial charge in [-0.05, 0) is 35.9 Å². The highest BCUT2D eigenvalue weighted by Crippen LogP contribution is 2.28. The number of rotatable bonds is 6. The Morgan fingerprint density at radius 3 is 2.33 bits per heavy atom. The molecule has 0 aliphatic rings. The van der Waals surface area contributed by atoms with Crippen molar-refractivity contribution >= 4 is 21.9 Å². The molecule has 0 atom stereocenters. The average molecular weight is 347 g/mol. The van der Waals surface area contributed by atoms with E-state index in [2.05, 4.69) is 0 Å². The van der Waals surface area contributed by atoms with Gasteiger partial charge in [0.25, 0.3) is 0 Å². The Hall–Kier alpha value is -2.64. The first-order valence-electron chi connectivity index (χ1n) is 6.93. The number of carbonyl (C=O) groups is 1. The largest absolute Gasteiger partial charge is 0.493 e. The first kappa shape index (κ1) is 17.7. The molecule has 0 amide bonds. The maximum atomic E-state index is 12.3. The van der Waals surface area contributed by atoms with Crippen LogP contribution in [0.15, 0.2) is 53.4 Å². The number of hydrogen-bond acceptors (Lipinski definition) is 5. The van der Waals surface area contributed by atoms with E-state index < -0.39 is 15.8 Å². The molecule has 0 unspecified atom stereocenters. The van der Waals surface area contributed by atoms with Crippen LogP contribution in [0.2, 0.25) is 0 Å². The molecule has 0 bridgehead atoms. The maximum absolute atomic E-state index is 12.3. The summed E-state index contributed by atoms with van der Waals surface area (Å²) in [5.74, 6) is 0.631. The van der Waals surface area contributed by atoms with Crippen molar-refractivity contribution < 1.29 is 22.7 Å². The molecule has 0 aliphatic carbocycles. The fourth-order valence-corrected chi connectivity index (χ4v) is 2.88. The van der Waals surface area contributed by atoms with Gasteiger partial charge in [-0.3, -0.25) is 4.79 Å². The zero-order valence-electron chi connectivity index (χ0n) is 13.2. The van der Waals surface area contributed by atoms with E-state index in [-0.39, 0.29) is 10.5 Å². The van der Waals surface area contributed by atoms with E-state index in [4.69, 9.17) is 14.6 Å². The lowest BCUT2D eigenvalue weighted by molar-refractivity contribution is 0.104. The van der Waals surface area contributed by atoms with Gasteiger partial charge in [0.1, 0.15) is 0 Å². The van der Waals surface area contributed by atoms with Crippen LogP contribution in [0.4, 0.5) is 0 Å². The molecule has 0 saturated heterocycles. The van der Waals surface area contributed by atoms with Crippen molar-refractivity contribution in [3.05, 3.63) is 59.7 Å². The SMILES string of the molecule is COc1ccc(/C=C/C(=O)c2ccccc2S(N)(=O)=O)cc1OC. The molecule has 2 aromatic rings. The number of carbonyl (C=O) groups excluding carboxylic acids is 1. The van der Waals surface area contributed by atoms with Crippen molar-refractivity contribution in [3.63, 3.8) is 0 Å². The van der Waals surface area contributed by atoms with Gasteiger partial charge >= 0.3 is 0 Å². The second-order valence-corrected chi connectivity index (χ2v) is 6.38. The van der Waals surface area contributed by atoms with Crippen LogP contribution >= 0.6 is 0 Å². The Balaban J connectivity index is 2.32. The molecule has 0 aromatic heterocycles. The van der Waals surface area contributed by atoms with Gasteiger partial charge in [-0.2, -0.15) is 0 Å². The summed E-state index contributed by atoms with van der Waals surface area (Å²) in [5.41, 5.74) is 0.728. The van der Waals surface area contributed by atoms with Crippen LogP contribution in [-0.2, 0) is 10.0 Å². The summed E-state index contributed by atoms with van der Waals surface area (Å²) in [6, 6.07) is 11.0. The smallest absolute Gasteiger partial charge is 0.238 e. The number of ether oxygens (including phenoxy) is 2. The van der Waals surface area contributed by atoms with E-state index in [1.165, 1.54) is 38.5 Å². The molecule has 0 spiro atoms. The van der Waals surface area contributed by atoms with E-state index in [0.717, 1.165) is 0 Å². The van der Waals surface area contributed by atoms with Crippen molar-refractivity contribution in [1.82, 2.24) is 0 Å². The van der Waals surface area contributed by atoms with Crippen LogP contribution in [-0.4, -0.2) is 28.4 Å². The predicted octanol–water partition coefficient (Wildman–Crippen LogP) is 2.25. The molecule has 2 aromatic carbocycles. The van der Waals surface area contributed by atoms with Crippen LogP contribution in [0.25, 0.3) is 6.08 Å². The van der Waals surface area contributed by atoms with Crippen molar-refractivity contribution in [2.75, 3.05) is 14.2 Å². The monoisotopic (exact) mass is 347 g/mol. The molecule has 126 valence electrons. The first-order valence-corrected chi connectivity index (χ1v) is 8.47. The summed E-state index contributed by atoms with van der Waals surface area (Å²) < 4.78 is 33.5. The molecule has 2 rings (SSSR count). The van der Waals surface area contributed by atoms with Gasteiger partial charge in [0.05, 0.1) is 19.1 Å². The summed E-state index contributed by atoms with van der Waals surface area (Å²) in [4.78, 5) is 12.1. The minimum absolute atomic E-state index is 0.0247. The number of nitrogens with two attached hydrogens (primary N) is 1. The first-order chi connectivity index (χ1) is 11.4. The van der Waals surface area contributed by atoms with Crippen LogP contribution in [0.5, 0.6) is 11.5 Å². The Kier molecular flexibility index (Phi) is 5.38. The molecule has 0 aliphatic heterocycles. The van der Waals surface area contributed by atoms with Crippen molar-refractivity contribution in [3.8, 4) is 11.5 Å². The minimum Gasteiger partial charge on any atom is -0.493 e. The van der Waals surface area contributed by atoms with Crippen molar-refractivity contribution in [1.29, 1.82) is 0 Å². The number of sulfonamides is 1. The van der Waals surface area contributed by atoms with E-state index in [9.17, 15) is 13.2 Å². The Morgan fingerprint density at radius 2 is 1.71 bits per heavy atom. The van der Waals surface area contributed by atoms with Gasteiger partial charge in [0, 0.05) is 5.56 Å². The molecular formula is C17H17NO5S. The van der Waals surface area contributed by atoms with Gasteiger partial charge in [0.15, 0.2) is 17.3 Å². The number of allylic oxidation sites excluding steroid dienone is 1. The summed E-state index contributed by atoms with van der Waals surface area (Å²) in [5, 5.41) is 5.14. The van der Waals surface area contributed by atoms with Gasteiger partial charge in [-0.25, -0.2) is 13.6 Å². The summed E-state index contributed by atoms with van der Waals surface area (Å²) >= 11 is 0. The van der Waals surface area contributed by atoms with Crippen molar-refractivity contribution in [2.45, 2.75) is 4.90 Å². The Bertz CT molecular complexity index is 888. The van der Waals surface area contributed by atoms with E-state index in [0.29, 0.717) is 17.1 Å². The molecule has 7 heteroatoms. The zero-order chi connectivity index (χ0) is 17.7. The van der Waals surface area contributed by atoms with Crippen LogP contribution in [0.3, 0.4) is 0 Å². The molecule has 0 radical (unpaired) electrons. The third kappa shape index (κ3) is 4.01. The van der Waals surface area contributed by atoms with Gasteiger partial charge in [0.2, 0.25) is 10.0 Å². The average Bonchev–Trinajstić information content (AvgIpc) is 2.58. The van der Waals surface area contributed by atoms with Crippen LogP contribution in [0, 0.1) is 0 Å². The van der Waals surface area contributed by atoms with Crippen LogP contribution in [0.1, 0.15) is 15.9 Å². The maximum Gasteiger partial charge on any atom is 0.238 e. The summed E-state index contributed by atoms with van der Waals surface area (Å²) in [6.07, 6.45) is 2.84. The second-order valence-electron chi connectivity index (χ2n) is 4.85. The van der Waals surface area contributed by atoms with Crippen LogP contribution < -0.4 is 14.6 Å². The lowest BCUT2D eigenvalue weighted by Gasteiger charge is -2.07. The van der Waals surface area contributed by atoms with Gasteiger partial charge < -0.3 is 9.47 Å². The Labute approximate surface area is 140 Å². The molecule has 6 nitrogen and oxygen atoms in total. The predicted molar refractivity (Wildman–Crippen MR) is 90.7 cm³/mol. The number of methoxy groups -OCH3 is 2. The zero-order valence-corrected chi connectivity index (χ0v) is 14.0. The third-order valence-corrected chi connectivity index (χ3v) is 4.26. The van der Waals surface area contributed by atoms with E-state index in [1.807, 2.05) is 0 Å². The van der Waals surface area contributed by atoms with Gasteiger partial charge in [-0.1, -0.05) is 24.3 Å². The highest BCUT2D eigenvalue weighted by atomic mass is 32.2. The van der Waals surface area contributed by atoms with E-state index in [1.54, 1.807) is 30.3 Å². The molecule has 24 heavy (non-hydrogen) atoms. The fraction of sp³-hybridized carbons (Fsp3) is 0.118. The molecule has 0 heterocycles. The fourth-order valence-electron chi connectivity index (χ4n) is 2.14. The van der Waals surface area contributed by atoms with Crippen molar-refractivity contribution in [2.24, 2.45) is 5.14 Å². The summed E-state index contributed by atoms with van der Waals surface area (Å²) in [7, 11) is -0.931. The highest BCUT2D eigenvalue weighted by molar-refractivity contribution is 7.89. The number of primary sulfonamides is 1. The number of ketones is 1. The number of benzene rings is 2. The third-order valence-electron chi connectivity index (χ3n) is 3.29.